The van der Waals surface area contributed by atoms with Crippen LogP contribution < -0.4 is 5.73 Å². The van der Waals surface area contributed by atoms with Crippen LogP contribution in [0.2, 0.25) is 0 Å². The summed E-state index contributed by atoms with van der Waals surface area (Å²) < 4.78 is 28.6. The summed E-state index contributed by atoms with van der Waals surface area (Å²) in [4.78, 5) is 0. The molecule has 1 fully saturated rings. The van der Waals surface area contributed by atoms with E-state index in [0.29, 0.717) is 6.42 Å². The van der Waals surface area contributed by atoms with Gasteiger partial charge in [0.1, 0.15) is 0 Å². The normalized spacial score (nSPS) is 29.0. The average molecular weight is 221 g/mol. The van der Waals surface area contributed by atoms with Crippen LogP contribution in [0.5, 0.6) is 0 Å². The van der Waals surface area contributed by atoms with E-state index < -0.39 is 9.84 Å². The zero-order valence-electron chi connectivity index (χ0n) is 8.61. The van der Waals surface area contributed by atoms with Crippen molar-refractivity contribution in [1.29, 1.82) is 0 Å². The van der Waals surface area contributed by atoms with Crippen molar-refractivity contribution in [2.45, 2.75) is 37.0 Å². The van der Waals surface area contributed by atoms with E-state index in [0.717, 1.165) is 19.3 Å². The molecular formula is C9H19NO3S. The molecule has 2 unspecified atom stereocenters. The Labute approximate surface area is 85.7 Å². The lowest BCUT2D eigenvalue weighted by molar-refractivity contribution is 0.0720. The standard InChI is InChI=1S/C9H19NO3S/c1-13-8-3-2-4-9(7-8)14(11,12)6-5-10/h8-9H,2-7,10H2,1H3. The lowest BCUT2D eigenvalue weighted by Crippen LogP contribution is -2.34. The van der Waals surface area contributed by atoms with Crippen LogP contribution in [0, 0.1) is 0 Å². The number of methoxy groups -OCH3 is 1. The lowest BCUT2D eigenvalue weighted by atomic mass is 9.97. The van der Waals surface area contributed by atoms with Crippen LogP contribution in [0.3, 0.4) is 0 Å². The van der Waals surface area contributed by atoms with Crippen molar-refractivity contribution < 1.29 is 13.2 Å². The topological polar surface area (TPSA) is 69.4 Å². The molecule has 4 nitrogen and oxygen atoms in total. The fourth-order valence-electron chi connectivity index (χ4n) is 1.97. The Kier molecular flexibility index (Phi) is 4.34. The van der Waals surface area contributed by atoms with E-state index in [1.54, 1.807) is 7.11 Å². The fourth-order valence-corrected chi connectivity index (χ4v) is 3.67. The van der Waals surface area contributed by atoms with Crippen molar-refractivity contribution in [1.82, 2.24) is 0 Å². The van der Waals surface area contributed by atoms with E-state index >= 15 is 0 Å². The molecule has 0 radical (unpaired) electrons. The minimum atomic E-state index is -2.98. The summed E-state index contributed by atoms with van der Waals surface area (Å²) in [5.41, 5.74) is 5.28. The van der Waals surface area contributed by atoms with Gasteiger partial charge in [-0.25, -0.2) is 8.42 Å². The summed E-state index contributed by atoms with van der Waals surface area (Å²) in [6, 6.07) is 0. The monoisotopic (exact) mass is 221 g/mol. The molecule has 0 amide bonds. The molecule has 2 atom stereocenters. The summed E-state index contributed by atoms with van der Waals surface area (Å²) >= 11 is 0. The molecule has 0 saturated heterocycles. The van der Waals surface area contributed by atoms with Gasteiger partial charge in [0, 0.05) is 13.7 Å². The zero-order chi connectivity index (χ0) is 10.6. The predicted molar refractivity (Wildman–Crippen MR) is 55.9 cm³/mol. The van der Waals surface area contributed by atoms with Gasteiger partial charge in [0.05, 0.1) is 17.1 Å². The summed E-state index contributed by atoms with van der Waals surface area (Å²) in [6.45, 7) is 0.219. The highest BCUT2D eigenvalue weighted by Crippen LogP contribution is 2.26. The molecular weight excluding hydrogens is 202 g/mol. The molecule has 0 bridgehead atoms. The van der Waals surface area contributed by atoms with Crippen molar-refractivity contribution in [2.75, 3.05) is 19.4 Å². The SMILES string of the molecule is COC1CCCC(S(=O)(=O)CCN)C1. The maximum Gasteiger partial charge on any atom is 0.154 e. The molecule has 0 aliphatic heterocycles. The minimum Gasteiger partial charge on any atom is -0.381 e. The van der Waals surface area contributed by atoms with Gasteiger partial charge in [-0.15, -0.1) is 0 Å². The third kappa shape index (κ3) is 2.93. The minimum absolute atomic E-state index is 0.105. The van der Waals surface area contributed by atoms with Crippen molar-refractivity contribution in [3.63, 3.8) is 0 Å². The van der Waals surface area contributed by atoms with Crippen LogP contribution in [-0.4, -0.2) is 39.2 Å². The smallest absolute Gasteiger partial charge is 0.154 e. The lowest BCUT2D eigenvalue weighted by Gasteiger charge is -2.27. The zero-order valence-corrected chi connectivity index (χ0v) is 9.42. The fraction of sp³-hybridized carbons (Fsp3) is 1.00. The Morgan fingerprint density at radius 1 is 1.43 bits per heavy atom. The van der Waals surface area contributed by atoms with E-state index in [2.05, 4.69) is 0 Å². The first kappa shape index (κ1) is 11.9. The largest absolute Gasteiger partial charge is 0.381 e. The van der Waals surface area contributed by atoms with Crippen LogP contribution in [0.1, 0.15) is 25.7 Å². The van der Waals surface area contributed by atoms with Crippen molar-refractivity contribution >= 4 is 9.84 Å². The molecule has 0 spiro atoms. The number of rotatable bonds is 4. The van der Waals surface area contributed by atoms with E-state index in [1.165, 1.54) is 0 Å². The van der Waals surface area contributed by atoms with Gasteiger partial charge in [-0.05, 0) is 25.7 Å². The predicted octanol–water partition coefficient (Wildman–Crippen LogP) is 0.318. The van der Waals surface area contributed by atoms with Gasteiger partial charge < -0.3 is 10.5 Å². The first-order valence-electron chi connectivity index (χ1n) is 5.04. The average Bonchev–Trinajstić information content (AvgIpc) is 2.18. The second-order valence-corrected chi connectivity index (χ2v) is 6.20. The molecule has 0 aromatic carbocycles. The number of hydrogen-bond acceptors (Lipinski definition) is 4. The Balaban J connectivity index is 2.59. The van der Waals surface area contributed by atoms with E-state index in [4.69, 9.17) is 10.5 Å². The third-order valence-electron chi connectivity index (χ3n) is 2.82. The van der Waals surface area contributed by atoms with E-state index in [9.17, 15) is 8.42 Å². The molecule has 14 heavy (non-hydrogen) atoms. The van der Waals surface area contributed by atoms with Gasteiger partial charge in [0.2, 0.25) is 0 Å². The molecule has 0 heterocycles. The summed E-state index contributed by atoms with van der Waals surface area (Å²) in [6.07, 6.45) is 3.43. The van der Waals surface area contributed by atoms with Crippen LogP contribution >= 0.6 is 0 Å². The molecule has 0 aromatic heterocycles. The van der Waals surface area contributed by atoms with Gasteiger partial charge in [-0.1, -0.05) is 0 Å². The second kappa shape index (κ2) is 5.09. The van der Waals surface area contributed by atoms with Crippen molar-refractivity contribution in [2.24, 2.45) is 5.73 Å². The molecule has 1 saturated carbocycles. The van der Waals surface area contributed by atoms with Gasteiger partial charge in [0.25, 0.3) is 0 Å². The van der Waals surface area contributed by atoms with Gasteiger partial charge >= 0.3 is 0 Å². The maximum atomic E-state index is 11.7. The number of sulfone groups is 1. The quantitative estimate of drug-likeness (QED) is 0.742. The Morgan fingerprint density at radius 2 is 2.14 bits per heavy atom. The van der Waals surface area contributed by atoms with Gasteiger partial charge in [0.15, 0.2) is 9.84 Å². The second-order valence-electron chi connectivity index (χ2n) is 3.80. The number of nitrogens with two attached hydrogens (primary N) is 1. The van der Waals surface area contributed by atoms with Crippen LogP contribution in [-0.2, 0) is 14.6 Å². The maximum absolute atomic E-state index is 11.7. The molecule has 1 aliphatic rings. The number of ether oxygens (including phenoxy) is 1. The van der Waals surface area contributed by atoms with Crippen LogP contribution in [0.15, 0.2) is 0 Å². The van der Waals surface area contributed by atoms with E-state index in [-0.39, 0.29) is 23.7 Å². The Morgan fingerprint density at radius 3 is 2.71 bits per heavy atom. The third-order valence-corrected chi connectivity index (χ3v) is 5.07. The molecule has 5 heteroatoms. The summed E-state index contributed by atoms with van der Waals surface area (Å²) in [5, 5.41) is -0.232. The van der Waals surface area contributed by atoms with Crippen LogP contribution in [0.25, 0.3) is 0 Å². The molecule has 1 rings (SSSR count). The Bertz CT molecular complexity index is 263. The summed E-state index contributed by atoms with van der Waals surface area (Å²) in [7, 11) is -1.34. The molecule has 84 valence electrons. The molecule has 0 aromatic rings. The highest BCUT2D eigenvalue weighted by Gasteiger charge is 2.30. The van der Waals surface area contributed by atoms with Crippen LogP contribution in [0.4, 0.5) is 0 Å². The van der Waals surface area contributed by atoms with E-state index in [1.807, 2.05) is 0 Å². The first-order chi connectivity index (χ1) is 6.60. The molecule has 2 N–H and O–H groups in total. The highest BCUT2D eigenvalue weighted by atomic mass is 32.2. The first-order valence-corrected chi connectivity index (χ1v) is 6.76. The van der Waals surface area contributed by atoms with Crippen molar-refractivity contribution in [3.05, 3.63) is 0 Å². The number of hydrogen-bond donors (Lipinski definition) is 1. The van der Waals surface area contributed by atoms with Crippen molar-refractivity contribution in [3.8, 4) is 0 Å². The Hall–Kier alpha value is -0.130. The van der Waals surface area contributed by atoms with Gasteiger partial charge in [-0.2, -0.15) is 0 Å². The summed E-state index contributed by atoms with van der Waals surface area (Å²) in [5.74, 6) is 0.105. The molecule has 1 aliphatic carbocycles. The highest BCUT2D eigenvalue weighted by molar-refractivity contribution is 7.92. The van der Waals surface area contributed by atoms with Gasteiger partial charge in [-0.3, -0.25) is 0 Å².